The Labute approximate surface area is 67.5 Å². The van der Waals surface area contributed by atoms with Crippen LogP contribution < -0.4 is 0 Å². The number of pyridine rings is 1. The maximum Gasteiger partial charge on any atom is 0.297 e. The van der Waals surface area contributed by atoms with Gasteiger partial charge in [0, 0.05) is 0 Å². The second kappa shape index (κ2) is 3.08. The number of hydrogen-bond acceptors (Lipinski definition) is 3. The molecule has 0 aliphatic rings. The van der Waals surface area contributed by atoms with Crippen LogP contribution >= 0.6 is 0 Å². The molecule has 0 aromatic carbocycles. The van der Waals surface area contributed by atoms with Crippen molar-refractivity contribution >= 4 is 11.8 Å². The fourth-order valence-electron chi connectivity index (χ4n) is 0.743. The highest BCUT2D eigenvalue weighted by atomic mass is 19.1. The Morgan fingerprint density at radius 3 is 2.92 bits per heavy atom. The van der Waals surface area contributed by atoms with E-state index in [1.807, 2.05) is 0 Å². The van der Waals surface area contributed by atoms with Crippen LogP contribution in [0.4, 0.5) is 10.1 Å². The Balaban J connectivity index is 3.30. The van der Waals surface area contributed by atoms with Crippen LogP contribution in [0.3, 0.4) is 0 Å². The Hall–Kier alpha value is -1.78. The van der Waals surface area contributed by atoms with Gasteiger partial charge in [0.1, 0.15) is 11.5 Å². The van der Waals surface area contributed by atoms with Gasteiger partial charge in [0.05, 0.1) is 17.2 Å². The summed E-state index contributed by atoms with van der Waals surface area (Å²) in [6.45, 7) is 3.31. The van der Waals surface area contributed by atoms with Crippen molar-refractivity contribution < 1.29 is 9.31 Å². The fourth-order valence-corrected chi connectivity index (χ4v) is 0.743. The van der Waals surface area contributed by atoms with Crippen molar-refractivity contribution in [1.82, 2.24) is 4.98 Å². The Morgan fingerprint density at radius 1 is 1.75 bits per heavy atom. The first-order chi connectivity index (χ1) is 5.65. The van der Waals surface area contributed by atoms with Gasteiger partial charge in [-0.15, -0.1) is 0 Å². The Bertz CT molecular complexity index is 338. The van der Waals surface area contributed by atoms with E-state index in [0.717, 1.165) is 12.3 Å². The Kier molecular flexibility index (Phi) is 2.14. The zero-order chi connectivity index (χ0) is 9.14. The second-order valence-corrected chi connectivity index (χ2v) is 2.02. The van der Waals surface area contributed by atoms with Crippen LogP contribution in [0.1, 0.15) is 5.69 Å². The van der Waals surface area contributed by atoms with Crippen LogP contribution in [-0.2, 0) is 0 Å². The minimum absolute atomic E-state index is 0.0707. The number of halogens is 1. The SMILES string of the molecule is C=Cc1ncc(F)cc1[N+](=O)[O-]. The molecule has 0 bridgehead atoms. The van der Waals surface area contributed by atoms with E-state index < -0.39 is 10.7 Å². The van der Waals surface area contributed by atoms with Gasteiger partial charge in [-0.3, -0.25) is 10.1 Å². The Morgan fingerprint density at radius 2 is 2.42 bits per heavy atom. The summed E-state index contributed by atoms with van der Waals surface area (Å²) in [5.41, 5.74) is -0.300. The molecule has 1 heterocycles. The maximum absolute atomic E-state index is 12.4. The molecule has 1 rings (SSSR count). The van der Waals surface area contributed by atoms with Crippen LogP contribution in [0.5, 0.6) is 0 Å². The molecule has 12 heavy (non-hydrogen) atoms. The van der Waals surface area contributed by atoms with E-state index in [2.05, 4.69) is 11.6 Å². The third-order valence-corrected chi connectivity index (χ3v) is 1.25. The van der Waals surface area contributed by atoms with Gasteiger partial charge in [-0.25, -0.2) is 9.37 Å². The summed E-state index contributed by atoms with van der Waals surface area (Å²) >= 11 is 0. The zero-order valence-corrected chi connectivity index (χ0v) is 6.03. The summed E-state index contributed by atoms with van der Waals surface area (Å²) in [5, 5.41) is 10.3. The molecule has 0 unspecified atom stereocenters. The summed E-state index contributed by atoms with van der Waals surface area (Å²) < 4.78 is 12.4. The van der Waals surface area contributed by atoms with Gasteiger partial charge in [0.2, 0.25) is 0 Å². The number of nitro groups is 1. The van der Waals surface area contributed by atoms with Crippen molar-refractivity contribution in [2.75, 3.05) is 0 Å². The second-order valence-electron chi connectivity index (χ2n) is 2.02. The van der Waals surface area contributed by atoms with Gasteiger partial charge in [0.25, 0.3) is 5.69 Å². The molecular weight excluding hydrogens is 163 g/mol. The molecule has 0 N–H and O–H groups in total. The molecule has 0 atom stereocenters. The lowest BCUT2D eigenvalue weighted by Crippen LogP contribution is -1.94. The zero-order valence-electron chi connectivity index (χ0n) is 6.03. The third kappa shape index (κ3) is 1.45. The summed E-state index contributed by atoms with van der Waals surface area (Å²) in [4.78, 5) is 13.1. The molecule has 1 aromatic rings. The molecule has 0 aliphatic carbocycles. The normalized spacial score (nSPS) is 9.42. The molecule has 0 spiro atoms. The lowest BCUT2D eigenvalue weighted by atomic mass is 10.3. The largest absolute Gasteiger partial charge is 0.297 e. The predicted octanol–water partition coefficient (Wildman–Crippen LogP) is 1.77. The standard InChI is InChI=1S/C7H5FN2O2/c1-2-6-7(10(11)12)3-5(8)4-9-6/h2-4H,1H2. The molecular formula is C7H5FN2O2. The van der Waals surface area contributed by atoms with Crippen LogP contribution in [0, 0.1) is 15.9 Å². The van der Waals surface area contributed by atoms with Gasteiger partial charge >= 0.3 is 0 Å². The minimum Gasteiger partial charge on any atom is -0.258 e. The van der Waals surface area contributed by atoms with E-state index in [9.17, 15) is 14.5 Å². The molecule has 0 fully saturated rings. The van der Waals surface area contributed by atoms with Crippen molar-refractivity contribution in [2.45, 2.75) is 0 Å². The van der Waals surface area contributed by atoms with Gasteiger partial charge in [-0.1, -0.05) is 6.58 Å². The third-order valence-electron chi connectivity index (χ3n) is 1.25. The van der Waals surface area contributed by atoms with Gasteiger partial charge in [-0.2, -0.15) is 0 Å². The number of nitrogens with zero attached hydrogens (tertiary/aromatic N) is 2. The number of hydrogen-bond donors (Lipinski definition) is 0. The van der Waals surface area contributed by atoms with Crippen LogP contribution in [0.2, 0.25) is 0 Å². The number of rotatable bonds is 2. The summed E-state index contributed by atoms with van der Waals surface area (Å²) in [5.74, 6) is -0.729. The number of aromatic nitrogens is 1. The van der Waals surface area contributed by atoms with Crippen molar-refractivity contribution in [3.8, 4) is 0 Å². The molecule has 1 aromatic heterocycles. The van der Waals surface area contributed by atoms with Crippen molar-refractivity contribution in [3.05, 3.63) is 40.5 Å². The first-order valence-corrected chi connectivity index (χ1v) is 3.07. The first kappa shape index (κ1) is 8.32. The highest BCUT2D eigenvalue weighted by molar-refractivity contribution is 5.54. The summed E-state index contributed by atoms with van der Waals surface area (Å²) in [6.07, 6.45) is 2.11. The average molecular weight is 168 g/mol. The van der Waals surface area contributed by atoms with Gasteiger partial charge in [-0.05, 0) is 6.08 Å². The molecule has 4 nitrogen and oxygen atoms in total. The summed E-state index contributed by atoms with van der Waals surface area (Å²) in [7, 11) is 0. The molecule has 5 heteroatoms. The molecule has 0 radical (unpaired) electrons. The molecule has 0 saturated carbocycles. The van der Waals surface area contributed by atoms with Gasteiger partial charge in [0.15, 0.2) is 0 Å². The monoisotopic (exact) mass is 168 g/mol. The highest BCUT2D eigenvalue weighted by Crippen LogP contribution is 2.17. The van der Waals surface area contributed by atoms with E-state index in [-0.39, 0.29) is 11.4 Å². The maximum atomic E-state index is 12.4. The fraction of sp³-hybridized carbons (Fsp3) is 0. The lowest BCUT2D eigenvalue weighted by molar-refractivity contribution is -0.385. The van der Waals surface area contributed by atoms with Crippen molar-refractivity contribution in [1.29, 1.82) is 0 Å². The van der Waals surface area contributed by atoms with E-state index in [0.29, 0.717) is 0 Å². The molecule has 0 aliphatic heterocycles. The van der Waals surface area contributed by atoms with Crippen molar-refractivity contribution in [2.24, 2.45) is 0 Å². The van der Waals surface area contributed by atoms with E-state index >= 15 is 0 Å². The van der Waals surface area contributed by atoms with E-state index in [1.54, 1.807) is 0 Å². The van der Waals surface area contributed by atoms with Crippen LogP contribution in [-0.4, -0.2) is 9.91 Å². The first-order valence-electron chi connectivity index (χ1n) is 3.07. The minimum atomic E-state index is -0.729. The quantitative estimate of drug-likeness (QED) is 0.499. The average Bonchev–Trinajstić information content (AvgIpc) is 2.04. The molecule has 0 saturated heterocycles. The van der Waals surface area contributed by atoms with Crippen LogP contribution in [0.25, 0.3) is 6.08 Å². The van der Waals surface area contributed by atoms with E-state index in [1.165, 1.54) is 6.08 Å². The smallest absolute Gasteiger partial charge is 0.258 e. The topological polar surface area (TPSA) is 56.0 Å². The van der Waals surface area contributed by atoms with Gasteiger partial charge < -0.3 is 0 Å². The molecule has 62 valence electrons. The van der Waals surface area contributed by atoms with Crippen molar-refractivity contribution in [3.63, 3.8) is 0 Å². The lowest BCUT2D eigenvalue weighted by Gasteiger charge is -1.94. The predicted molar refractivity (Wildman–Crippen MR) is 40.9 cm³/mol. The van der Waals surface area contributed by atoms with Crippen LogP contribution in [0.15, 0.2) is 18.8 Å². The van der Waals surface area contributed by atoms with E-state index in [4.69, 9.17) is 0 Å². The highest BCUT2D eigenvalue weighted by Gasteiger charge is 2.13. The molecule has 0 amide bonds. The summed E-state index contributed by atoms with van der Waals surface area (Å²) in [6, 6.07) is 0.810.